The molecule has 8 aliphatic carbocycles. The Kier molecular flexibility index (Phi) is 4.99. The van der Waals surface area contributed by atoms with Crippen LogP contribution in [0.5, 0.6) is 11.5 Å². The van der Waals surface area contributed by atoms with Gasteiger partial charge in [-0.2, -0.15) is 0 Å². The predicted molar refractivity (Wildman–Crippen MR) is 154 cm³/mol. The van der Waals surface area contributed by atoms with E-state index < -0.39 is 0 Å². The highest BCUT2D eigenvalue weighted by molar-refractivity contribution is 5.97. The van der Waals surface area contributed by atoms with Gasteiger partial charge in [0, 0.05) is 22.4 Å². The van der Waals surface area contributed by atoms with Gasteiger partial charge >= 0.3 is 0 Å². The summed E-state index contributed by atoms with van der Waals surface area (Å²) in [6, 6.07) is 9.59. The zero-order chi connectivity index (χ0) is 26.1. The first-order valence-corrected chi connectivity index (χ1v) is 16.7. The second kappa shape index (κ2) is 8.40. The van der Waals surface area contributed by atoms with E-state index in [2.05, 4.69) is 24.3 Å². The summed E-state index contributed by atoms with van der Waals surface area (Å²) < 4.78 is 24.7. The van der Waals surface area contributed by atoms with Crippen LogP contribution in [-0.2, 0) is 20.3 Å². The third-order valence-electron chi connectivity index (χ3n) is 12.9. The van der Waals surface area contributed by atoms with E-state index in [9.17, 15) is 0 Å². The number of benzene rings is 2. The van der Waals surface area contributed by atoms with Gasteiger partial charge in [0.15, 0.2) is 0 Å². The average Bonchev–Trinajstić information content (AvgIpc) is 3.84. The largest absolute Gasteiger partial charge is 0.490 e. The molecule has 2 atom stereocenters. The van der Waals surface area contributed by atoms with Crippen molar-refractivity contribution in [3.05, 3.63) is 35.4 Å². The number of fused-ring (bicyclic) bond motifs is 1. The molecule has 12 rings (SSSR count). The topological polar surface area (TPSA) is 43.5 Å². The van der Waals surface area contributed by atoms with Crippen molar-refractivity contribution in [2.24, 2.45) is 35.5 Å². The van der Waals surface area contributed by atoms with Gasteiger partial charge in [-0.3, -0.25) is 0 Å². The second-order valence-electron chi connectivity index (χ2n) is 15.9. The van der Waals surface area contributed by atoms with Crippen molar-refractivity contribution < 1.29 is 18.9 Å². The molecule has 2 aliphatic heterocycles. The van der Waals surface area contributed by atoms with E-state index in [0.717, 1.165) is 60.2 Å². The summed E-state index contributed by atoms with van der Waals surface area (Å²) in [6.45, 7) is 2.96. The summed E-state index contributed by atoms with van der Waals surface area (Å²) in [5.74, 6) is 7.61. The molecule has 0 N–H and O–H groups in total. The molecule has 0 spiro atoms. The summed E-state index contributed by atoms with van der Waals surface area (Å²) >= 11 is 0. The minimum absolute atomic E-state index is 0.244. The van der Waals surface area contributed by atoms with Crippen LogP contribution >= 0.6 is 0 Å². The molecule has 212 valence electrons. The lowest BCUT2D eigenvalue weighted by molar-refractivity contribution is -0.00755. The maximum absolute atomic E-state index is 6.86. The number of ether oxygens (including phenoxy) is 4. The Morgan fingerprint density at radius 3 is 1.60 bits per heavy atom. The molecule has 2 saturated heterocycles. The molecule has 4 nitrogen and oxygen atoms in total. The lowest BCUT2D eigenvalue weighted by Gasteiger charge is -2.59. The summed E-state index contributed by atoms with van der Waals surface area (Å²) in [4.78, 5) is 0. The molecule has 10 fully saturated rings. The van der Waals surface area contributed by atoms with Crippen molar-refractivity contribution in [2.45, 2.75) is 100 Å². The van der Waals surface area contributed by atoms with E-state index >= 15 is 0 Å². The quantitative estimate of drug-likeness (QED) is 0.329. The van der Waals surface area contributed by atoms with Crippen molar-refractivity contribution in [1.82, 2.24) is 0 Å². The maximum Gasteiger partial charge on any atom is 0.130 e. The first-order valence-electron chi connectivity index (χ1n) is 16.7. The van der Waals surface area contributed by atoms with E-state index in [4.69, 9.17) is 18.9 Å². The fraction of sp³-hybridized carbons (Fsp3) is 0.722. The van der Waals surface area contributed by atoms with Gasteiger partial charge in [0.1, 0.15) is 36.9 Å². The summed E-state index contributed by atoms with van der Waals surface area (Å²) in [7, 11) is 0. The third-order valence-corrected chi connectivity index (χ3v) is 12.9. The molecule has 2 aromatic carbocycles. The van der Waals surface area contributed by atoms with Crippen molar-refractivity contribution >= 4 is 10.8 Å². The van der Waals surface area contributed by atoms with Gasteiger partial charge in [-0.05, 0) is 129 Å². The van der Waals surface area contributed by atoms with Crippen molar-refractivity contribution in [2.75, 3.05) is 26.4 Å². The lowest BCUT2D eigenvalue weighted by Crippen LogP contribution is -2.50. The molecule has 4 heteroatoms. The van der Waals surface area contributed by atoms with Crippen LogP contribution in [0.3, 0.4) is 0 Å². The minimum atomic E-state index is 0.244. The molecule has 0 amide bonds. The second-order valence-corrected chi connectivity index (χ2v) is 15.9. The summed E-state index contributed by atoms with van der Waals surface area (Å²) in [5.41, 5.74) is 3.84. The summed E-state index contributed by atoms with van der Waals surface area (Å²) in [5, 5.41) is 2.89. The Bertz CT molecular complexity index is 1280. The molecule has 2 aromatic rings. The Morgan fingerprint density at radius 2 is 1.10 bits per heavy atom. The van der Waals surface area contributed by atoms with Crippen LogP contribution in [0.15, 0.2) is 24.3 Å². The van der Waals surface area contributed by atoms with Crippen LogP contribution in [0.2, 0.25) is 0 Å². The van der Waals surface area contributed by atoms with Gasteiger partial charge in [-0.15, -0.1) is 0 Å². The fourth-order valence-electron chi connectivity index (χ4n) is 12.2. The third kappa shape index (κ3) is 3.70. The van der Waals surface area contributed by atoms with Gasteiger partial charge in [0.2, 0.25) is 0 Å². The molecular weight excluding hydrogens is 496 g/mol. The van der Waals surface area contributed by atoms with Gasteiger partial charge in [-0.25, -0.2) is 0 Å². The molecule has 2 heterocycles. The molecule has 40 heavy (non-hydrogen) atoms. The molecule has 0 radical (unpaired) electrons. The van der Waals surface area contributed by atoms with E-state index in [1.54, 1.807) is 16.5 Å². The first kappa shape index (κ1) is 23.7. The smallest absolute Gasteiger partial charge is 0.130 e. The maximum atomic E-state index is 6.86. The van der Waals surface area contributed by atoms with E-state index in [1.165, 1.54) is 82.4 Å². The van der Waals surface area contributed by atoms with Gasteiger partial charge in [-0.1, -0.05) is 18.2 Å². The zero-order valence-electron chi connectivity index (χ0n) is 23.9. The van der Waals surface area contributed by atoms with Crippen molar-refractivity contribution in [3.8, 4) is 11.5 Å². The zero-order valence-corrected chi connectivity index (χ0v) is 23.9. The van der Waals surface area contributed by atoms with Crippen molar-refractivity contribution in [3.63, 3.8) is 0 Å². The Labute approximate surface area is 238 Å². The van der Waals surface area contributed by atoms with Crippen LogP contribution in [0.1, 0.15) is 88.2 Å². The van der Waals surface area contributed by atoms with Crippen LogP contribution < -0.4 is 9.47 Å². The standard InChI is InChI=1S/C36H44O4/c1-2-29-31(39-19-27-17-37-27)10-32(40-20-28-18-38-28)34(36-14-24-7-25(15-36)9-26(8-24)16-36)33(29)30(3-1)35-11-21-4-22(12-35)6-23(5-21)13-35/h1-3,10,21-28H,4-9,11-20H2. The Hall–Kier alpha value is -1.78. The number of rotatable bonds is 8. The molecule has 0 aromatic heterocycles. The fourth-order valence-corrected chi connectivity index (χ4v) is 12.2. The van der Waals surface area contributed by atoms with E-state index in [1.807, 2.05) is 0 Å². The Morgan fingerprint density at radius 1 is 0.625 bits per heavy atom. The molecule has 10 aliphatic rings. The van der Waals surface area contributed by atoms with Crippen LogP contribution in [0.4, 0.5) is 0 Å². The number of hydrogen-bond acceptors (Lipinski definition) is 4. The highest BCUT2D eigenvalue weighted by atomic mass is 16.6. The summed E-state index contributed by atoms with van der Waals surface area (Å²) in [6.07, 6.45) is 17.6. The monoisotopic (exact) mass is 540 g/mol. The number of epoxide rings is 2. The van der Waals surface area contributed by atoms with Gasteiger partial charge in [0.25, 0.3) is 0 Å². The van der Waals surface area contributed by atoms with Crippen LogP contribution in [0, 0.1) is 35.5 Å². The molecular formula is C36H44O4. The predicted octanol–water partition coefficient (Wildman–Crippen LogP) is 7.33. The van der Waals surface area contributed by atoms with Crippen LogP contribution in [0.25, 0.3) is 10.8 Å². The van der Waals surface area contributed by atoms with E-state index in [0.29, 0.717) is 18.6 Å². The molecule has 8 bridgehead atoms. The van der Waals surface area contributed by atoms with Gasteiger partial charge < -0.3 is 18.9 Å². The molecule has 2 unspecified atom stereocenters. The lowest BCUT2D eigenvalue weighted by atomic mass is 9.46. The number of hydrogen-bond donors (Lipinski definition) is 0. The van der Waals surface area contributed by atoms with E-state index in [-0.39, 0.29) is 17.6 Å². The van der Waals surface area contributed by atoms with Crippen LogP contribution in [-0.4, -0.2) is 38.6 Å². The molecule has 8 saturated carbocycles. The normalized spacial score (nSPS) is 45.3. The Balaban J connectivity index is 1.21. The highest BCUT2D eigenvalue weighted by Crippen LogP contribution is 2.66. The average molecular weight is 541 g/mol. The van der Waals surface area contributed by atoms with Gasteiger partial charge in [0.05, 0.1) is 13.2 Å². The SMILES string of the molecule is c1cc(C23CC4CC(CC(C4)C2)C3)c2c(C34CC5CC(CC(C5)C3)C4)c(OCC3CO3)cc(OCC3CO3)c2c1. The minimum Gasteiger partial charge on any atom is -0.490 e. The highest BCUT2D eigenvalue weighted by Gasteiger charge is 2.56. The first-order chi connectivity index (χ1) is 19.6. The van der Waals surface area contributed by atoms with Crippen molar-refractivity contribution in [1.29, 1.82) is 0 Å².